The van der Waals surface area contributed by atoms with Crippen LogP contribution in [0.3, 0.4) is 0 Å². The van der Waals surface area contributed by atoms with Crippen LogP contribution < -0.4 is 21.3 Å². The predicted molar refractivity (Wildman–Crippen MR) is 396 cm³/mol. The van der Waals surface area contributed by atoms with Crippen LogP contribution in [-0.4, -0.2) is 296 Å². The van der Waals surface area contributed by atoms with E-state index in [0.717, 1.165) is 4.90 Å². The number of carboxylic acid groups (broad SMARTS) is 2. The molecule has 1 rings (SSSR count). The first-order chi connectivity index (χ1) is 47.8. The molecule has 592 valence electrons. The Labute approximate surface area is 618 Å². The number of nitrogens with zero attached hydrogens (tertiary/aromatic N) is 8. The fraction of sp³-hybridized carbons (Fsp3) is 0.822. The SMILES string of the molecule is CC[C@@H]1NC(=O)[C@H]([C@H](O)[C@H](C)CCCCCCN(CC(=O)O)CC(=O)O)N(C)C(=O)[C@H](C(C)C)N(C)C(=O)[C@H](CC(C)C)N(C)C(=O)[C@H](CC(C)C)N(C)C(=O)[C@H](C)NC(=O)[C@@H](C)NC(=O)[C@@H](CC(C)C)N(C)C(=O)[C@@H](C(C)C)NC(=O)[C@H](CC(C)C)N(C)C(=O)[C@@H](CSCCCCO)N(C)C1=O. The predicted octanol–water partition coefficient (Wildman–Crippen LogP) is 3.60. The number of carboxylic acids is 2. The molecule has 0 spiro atoms. The maximum atomic E-state index is 15.6. The Hall–Kier alpha value is -6.66. The van der Waals surface area contributed by atoms with Gasteiger partial charge in [0.15, 0.2) is 0 Å². The van der Waals surface area contributed by atoms with Gasteiger partial charge in [-0.05, 0) is 125 Å². The van der Waals surface area contributed by atoms with Gasteiger partial charge in [-0.2, -0.15) is 11.8 Å². The zero-order chi connectivity index (χ0) is 79.4. The summed E-state index contributed by atoms with van der Waals surface area (Å²) in [4.78, 5) is 198. The van der Waals surface area contributed by atoms with Crippen LogP contribution in [0.1, 0.15) is 188 Å². The molecule has 0 radical (unpaired) electrons. The van der Waals surface area contributed by atoms with E-state index in [4.69, 9.17) is 0 Å². The molecule has 8 N–H and O–H groups in total. The van der Waals surface area contributed by atoms with Crippen molar-refractivity contribution in [1.29, 1.82) is 0 Å². The summed E-state index contributed by atoms with van der Waals surface area (Å²) in [5.74, 6) is -12.6. The molecule has 1 heterocycles. The van der Waals surface area contributed by atoms with E-state index in [9.17, 15) is 54.0 Å². The van der Waals surface area contributed by atoms with Gasteiger partial charge in [0.05, 0.1) is 19.2 Å². The summed E-state index contributed by atoms with van der Waals surface area (Å²) < 4.78 is 0. The van der Waals surface area contributed by atoms with Crippen molar-refractivity contribution in [3.8, 4) is 0 Å². The Bertz CT molecular complexity index is 2780. The molecule has 1 saturated heterocycles. The lowest BCUT2D eigenvalue weighted by Gasteiger charge is -2.41. The first-order valence-corrected chi connectivity index (χ1v) is 38.1. The normalized spacial score (nSPS) is 24.9. The van der Waals surface area contributed by atoms with Crippen LogP contribution in [0.2, 0.25) is 0 Å². The van der Waals surface area contributed by atoms with Gasteiger partial charge in [0.1, 0.15) is 66.5 Å². The number of carbonyl (C=O) groups excluding carboxylic acids is 11. The molecule has 0 unspecified atom stereocenters. The lowest BCUT2D eigenvalue weighted by Crippen LogP contribution is -2.64. The van der Waals surface area contributed by atoms with E-state index < -0.39 is 180 Å². The largest absolute Gasteiger partial charge is 0.480 e. The van der Waals surface area contributed by atoms with Gasteiger partial charge in [-0.15, -0.1) is 0 Å². The standard InChI is InChI=1S/C73H132N12O17S/c1-24-51-68(97)82(21)56(41-103-34-30-29-33-86)71(100)78(17)53(36-43(4)5)65(94)77-59(46(10)11)72(101)79(18)52(35-42(2)3)64(93)74-49(15)63(92)75-50(16)67(96)80(19)54(37-44(6)7)69(98)81(20)55(38-45(8)9)70(99)83(22)60(47(12)13)73(102)84(23)61(66(95)76-51)62(91)48(14)31-27-25-26-28-32-85(39-57(87)88)40-58(89)90/h42-56,59-62,86,91H,24-41H2,1-23H3,(H,74,93)(H,75,92)(H,76,95)(H,77,94)(H,87,88)(H,89,90)/t48-,49-,50+,51+,52-,53+,54+,55+,56-,59-,60+,61+,62-/m1/s1. The summed E-state index contributed by atoms with van der Waals surface area (Å²) in [5, 5.41) is 52.0. The Morgan fingerprint density at radius 1 is 0.447 bits per heavy atom. The molecule has 1 aliphatic heterocycles. The first kappa shape index (κ1) is 94.4. The maximum Gasteiger partial charge on any atom is 0.317 e. The molecule has 1 fully saturated rings. The molecular formula is C73H132N12O17S. The van der Waals surface area contributed by atoms with E-state index in [0.29, 0.717) is 50.7 Å². The monoisotopic (exact) mass is 1480 g/mol. The molecule has 103 heavy (non-hydrogen) atoms. The molecule has 0 aromatic rings. The highest BCUT2D eigenvalue weighted by atomic mass is 32.2. The Kier molecular flexibility index (Phi) is 41.8. The van der Waals surface area contributed by atoms with Gasteiger partial charge in [0.25, 0.3) is 0 Å². The minimum absolute atomic E-state index is 0.00866. The number of thioether (sulfide) groups is 1. The van der Waals surface area contributed by atoms with Crippen LogP contribution >= 0.6 is 11.8 Å². The van der Waals surface area contributed by atoms with Gasteiger partial charge in [0.2, 0.25) is 65.0 Å². The summed E-state index contributed by atoms with van der Waals surface area (Å²) in [7, 11) is 9.83. The number of aliphatic hydroxyl groups is 2. The zero-order valence-corrected chi connectivity index (χ0v) is 67.1. The molecule has 0 bridgehead atoms. The third-order valence-electron chi connectivity index (χ3n) is 19.2. The van der Waals surface area contributed by atoms with E-state index in [1.54, 1.807) is 41.5 Å². The molecule has 30 heteroatoms. The Morgan fingerprint density at radius 2 is 0.864 bits per heavy atom. The van der Waals surface area contributed by atoms with E-state index >= 15 is 28.8 Å². The summed E-state index contributed by atoms with van der Waals surface area (Å²) >= 11 is 1.33. The van der Waals surface area contributed by atoms with E-state index in [1.165, 1.54) is 109 Å². The smallest absolute Gasteiger partial charge is 0.317 e. The second-order valence-electron chi connectivity index (χ2n) is 30.7. The van der Waals surface area contributed by atoms with Crippen molar-refractivity contribution < 1.29 is 82.8 Å². The molecule has 0 aromatic heterocycles. The second-order valence-corrected chi connectivity index (χ2v) is 31.9. The summed E-state index contributed by atoms with van der Waals surface area (Å²) in [6.07, 6.45) is 2.07. The van der Waals surface area contributed by atoms with E-state index in [-0.39, 0.29) is 74.7 Å². The molecule has 0 aliphatic carbocycles. The van der Waals surface area contributed by atoms with Crippen LogP contribution in [0, 0.1) is 41.4 Å². The van der Waals surface area contributed by atoms with Gasteiger partial charge in [-0.25, -0.2) is 0 Å². The molecule has 29 nitrogen and oxygen atoms in total. The molecule has 0 saturated carbocycles. The topological polar surface area (TPSA) is 377 Å². The minimum Gasteiger partial charge on any atom is -0.480 e. The molecule has 0 aromatic carbocycles. The zero-order valence-electron chi connectivity index (χ0n) is 66.3. The fourth-order valence-electron chi connectivity index (χ4n) is 12.9. The number of unbranched alkanes of at least 4 members (excludes halogenated alkanes) is 4. The Morgan fingerprint density at radius 3 is 1.33 bits per heavy atom. The summed E-state index contributed by atoms with van der Waals surface area (Å²) in [6.45, 7) is 27.0. The number of carbonyl (C=O) groups is 13. The van der Waals surface area contributed by atoms with Gasteiger partial charge >= 0.3 is 11.9 Å². The van der Waals surface area contributed by atoms with Gasteiger partial charge in [-0.3, -0.25) is 67.2 Å². The third-order valence-corrected chi connectivity index (χ3v) is 20.3. The van der Waals surface area contributed by atoms with Gasteiger partial charge in [0, 0.05) is 61.7 Å². The molecular weight excluding hydrogens is 1350 g/mol. The average molecular weight is 1480 g/mol. The van der Waals surface area contributed by atoms with Crippen molar-refractivity contribution in [3.63, 3.8) is 0 Å². The van der Waals surface area contributed by atoms with Crippen molar-refractivity contribution in [3.05, 3.63) is 0 Å². The highest BCUT2D eigenvalue weighted by Gasteiger charge is 2.47. The number of aliphatic carboxylic acids is 2. The van der Waals surface area contributed by atoms with E-state index in [1.807, 2.05) is 55.4 Å². The van der Waals surface area contributed by atoms with Crippen molar-refractivity contribution in [2.75, 3.05) is 87.1 Å². The second kappa shape index (κ2) is 45.6. The number of hydrogen-bond acceptors (Lipinski definition) is 17. The van der Waals surface area contributed by atoms with Crippen LogP contribution in [0.4, 0.5) is 0 Å². The Balaban J connectivity index is 4.52. The highest BCUT2D eigenvalue weighted by Crippen LogP contribution is 2.27. The van der Waals surface area contributed by atoms with Gasteiger partial charge in [-0.1, -0.05) is 116 Å². The summed E-state index contributed by atoms with van der Waals surface area (Å²) in [5.41, 5.74) is 0. The molecule has 11 amide bonds. The lowest BCUT2D eigenvalue weighted by atomic mass is 9.90. The van der Waals surface area contributed by atoms with Crippen LogP contribution in [0.15, 0.2) is 0 Å². The highest BCUT2D eigenvalue weighted by molar-refractivity contribution is 7.99. The minimum atomic E-state index is -1.74. The van der Waals surface area contributed by atoms with Crippen LogP contribution in [-0.2, 0) is 62.3 Å². The van der Waals surface area contributed by atoms with Crippen LogP contribution in [0.25, 0.3) is 0 Å². The van der Waals surface area contributed by atoms with Crippen molar-refractivity contribution in [2.45, 2.75) is 260 Å². The number of hydrogen-bond donors (Lipinski definition) is 8. The van der Waals surface area contributed by atoms with Gasteiger partial charge < -0.3 is 76.0 Å². The summed E-state index contributed by atoms with van der Waals surface area (Å²) in [6, 6.07) is -14.4. The average Bonchev–Trinajstić information content (AvgIpc) is 0.810. The van der Waals surface area contributed by atoms with Crippen molar-refractivity contribution >= 4 is 88.7 Å². The van der Waals surface area contributed by atoms with Crippen molar-refractivity contribution in [2.24, 2.45) is 41.4 Å². The number of amides is 11. The lowest BCUT2D eigenvalue weighted by molar-refractivity contribution is -0.157. The third kappa shape index (κ3) is 29.7. The fourth-order valence-corrected chi connectivity index (χ4v) is 14.1. The number of aliphatic hydroxyl groups excluding tert-OH is 2. The number of rotatable bonds is 30. The van der Waals surface area contributed by atoms with E-state index in [2.05, 4.69) is 21.3 Å². The molecule has 13 atom stereocenters. The number of nitrogens with one attached hydrogen (secondary N) is 4. The molecule has 1 aliphatic rings. The van der Waals surface area contributed by atoms with Crippen LogP contribution in [0.5, 0.6) is 0 Å². The maximum absolute atomic E-state index is 15.6. The van der Waals surface area contributed by atoms with Crippen molar-refractivity contribution in [1.82, 2.24) is 60.5 Å². The number of likely N-dealkylation sites (N-methyl/N-ethyl adjacent to an activating group) is 7. The first-order valence-electron chi connectivity index (χ1n) is 36.9. The quantitative estimate of drug-likeness (QED) is 0.0476.